The summed E-state index contributed by atoms with van der Waals surface area (Å²) in [7, 11) is 0. The van der Waals surface area contributed by atoms with E-state index in [4.69, 9.17) is 16.3 Å². The monoisotopic (exact) mass is 417 g/mol. The highest BCUT2D eigenvalue weighted by Gasteiger charge is 2.17. The number of carbonyl (C=O) groups is 2. The smallest absolute Gasteiger partial charge is 0.340 e. The Labute approximate surface area is 172 Å². The third-order valence-electron chi connectivity index (χ3n) is 4.59. The van der Waals surface area contributed by atoms with Gasteiger partial charge in [-0.25, -0.2) is 4.79 Å². The van der Waals surface area contributed by atoms with E-state index in [1.54, 1.807) is 12.1 Å². The minimum absolute atomic E-state index is 0.0454. The number of anilines is 2. The largest absolute Gasteiger partial charge is 0.452 e. The molecule has 2 aromatic carbocycles. The zero-order valence-electron chi connectivity index (χ0n) is 15.6. The van der Waals surface area contributed by atoms with E-state index in [1.165, 1.54) is 25.3 Å². The second kappa shape index (κ2) is 9.38. The molecule has 29 heavy (non-hydrogen) atoms. The van der Waals surface area contributed by atoms with Crippen LogP contribution in [0.15, 0.2) is 42.5 Å². The first-order chi connectivity index (χ1) is 13.9. The van der Waals surface area contributed by atoms with Gasteiger partial charge < -0.3 is 15.0 Å². The molecule has 0 bridgehead atoms. The van der Waals surface area contributed by atoms with Crippen molar-refractivity contribution < 1.29 is 19.2 Å². The van der Waals surface area contributed by atoms with Crippen LogP contribution in [0.2, 0.25) is 5.02 Å². The summed E-state index contributed by atoms with van der Waals surface area (Å²) < 4.78 is 4.95. The van der Waals surface area contributed by atoms with Crippen molar-refractivity contribution in [1.82, 2.24) is 0 Å². The van der Waals surface area contributed by atoms with Crippen molar-refractivity contribution in [1.29, 1.82) is 0 Å². The fraction of sp³-hybridized carbons (Fsp3) is 0.300. The number of nitrogens with zero attached hydrogens (tertiary/aromatic N) is 2. The molecule has 0 radical (unpaired) electrons. The van der Waals surface area contributed by atoms with Gasteiger partial charge in [-0.05, 0) is 49.6 Å². The number of ether oxygens (including phenoxy) is 1. The minimum atomic E-state index is -0.833. The number of non-ortho nitro benzene ring substituents is 1. The molecule has 1 aliphatic rings. The maximum atomic E-state index is 12.1. The lowest BCUT2D eigenvalue weighted by molar-refractivity contribution is -0.384. The van der Waals surface area contributed by atoms with Crippen LogP contribution < -0.4 is 10.2 Å². The average molecular weight is 418 g/mol. The molecule has 0 atom stereocenters. The molecule has 0 aliphatic carbocycles. The number of nitrogens with one attached hydrogen (secondary N) is 1. The maximum Gasteiger partial charge on any atom is 0.340 e. The average Bonchev–Trinajstić information content (AvgIpc) is 2.73. The van der Waals surface area contributed by atoms with Gasteiger partial charge in [-0.3, -0.25) is 14.9 Å². The van der Waals surface area contributed by atoms with E-state index >= 15 is 0 Å². The van der Waals surface area contributed by atoms with Crippen molar-refractivity contribution in [3.8, 4) is 0 Å². The molecule has 1 aliphatic heterocycles. The van der Waals surface area contributed by atoms with Crippen molar-refractivity contribution in [2.45, 2.75) is 19.3 Å². The summed E-state index contributed by atoms with van der Waals surface area (Å²) >= 11 is 5.88. The standard InChI is InChI=1S/C20H20ClN3O5/c21-18-12-16(24(27)28)8-9-17(18)20(26)29-13-19(25)22-14-4-6-15(7-5-14)23-10-2-1-3-11-23/h4-9,12H,1-3,10-11,13H2,(H,22,25). The van der Waals surface area contributed by atoms with Crippen LogP contribution in [0.25, 0.3) is 0 Å². The van der Waals surface area contributed by atoms with Crippen molar-refractivity contribution in [3.63, 3.8) is 0 Å². The zero-order valence-corrected chi connectivity index (χ0v) is 16.4. The maximum absolute atomic E-state index is 12.1. The number of nitro groups is 1. The number of halogens is 1. The van der Waals surface area contributed by atoms with Gasteiger partial charge in [0.05, 0.1) is 15.5 Å². The summed E-state index contributed by atoms with van der Waals surface area (Å²) in [6.07, 6.45) is 3.62. The molecule has 0 aromatic heterocycles. The summed E-state index contributed by atoms with van der Waals surface area (Å²) in [5, 5.41) is 13.3. The van der Waals surface area contributed by atoms with Gasteiger partial charge in [0.25, 0.3) is 11.6 Å². The van der Waals surface area contributed by atoms with Crippen LogP contribution in [0.3, 0.4) is 0 Å². The molecule has 1 amide bonds. The Morgan fingerprint density at radius 3 is 2.41 bits per heavy atom. The van der Waals surface area contributed by atoms with Crippen LogP contribution in [0.4, 0.5) is 17.1 Å². The van der Waals surface area contributed by atoms with Gasteiger partial charge in [-0.15, -0.1) is 0 Å². The Bertz CT molecular complexity index is 911. The molecule has 3 rings (SSSR count). The Balaban J connectivity index is 1.51. The van der Waals surface area contributed by atoms with E-state index in [2.05, 4.69) is 10.2 Å². The Morgan fingerprint density at radius 1 is 1.10 bits per heavy atom. The number of rotatable bonds is 6. The number of hydrogen-bond donors (Lipinski definition) is 1. The van der Waals surface area contributed by atoms with Gasteiger partial charge in [0.1, 0.15) is 0 Å². The normalized spacial score (nSPS) is 13.6. The number of esters is 1. The number of hydrogen-bond acceptors (Lipinski definition) is 6. The molecule has 152 valence electrons. The van der Waals surface area contributed by atoms with Crippen LogP contribution in [-0.4, -0.2) is 36.5 Å². The first kappa shape index (κ1) is 20.6. The number of amides is 1. The lowest BCUT2D eigenvalue weighted by Crippen LogP contribution is -2.29. The zero-order chi connectivity index (χ0) is 20.8. The predicted octanol–water partition coefficient (Wildman–Crippen LogP) is 4.03. The first-order valence-electron chi connectivity index (χ1n) is 9.20. The van der Waals surface area contributed by atoms with Crippen LogP contribution in [0.5, 0.6) is 0 Å². The van der Waals surface area contributed by atoms with Gasteiger partial charge in [0.15, 0.2) is 6.61 Å². The summed E-state index contributed by atoms with van der Waals surface area (Å²) in [6, 6.07) is 10.9. The van der Waals surface area contributed by atoms with Gasteiger partial charge in [0, 0.05) is 36.6 Å². The lowest BCUT2D eigenvalue weighted by Gasteiger charge is -2.28. The number of carbonyl (C=O) groups excluding carboxylic acids is 2. The van der Waals surface area contributed by atoms with Gasteiger partial charge >= 0.3 is 5.97 Å². The Kier molecular flexibility index (Phi) is 6.66. The molecule has 2 aromatic rings. The fourth-order valence-electron chi connectivity index (χ4n) is 3.10. The Hall–Kier alpha value is -3.13. The van der Waals surface area contributed by atoms with Gasteiger partial charge in [-0.1, -0.05) is 11.6 Å². The lowest BCUT2D eigenvalue weighted by atomic mass is 10.1. The third kappa shape index (κ3) is 5.45. The van der Waals surface area contributed by atoms with E-state index in [0.29, 0.717) is 5.69 Å². The summed E-state index contributed by atoms with van der Waals surface area (Å²) in [4.78, 5) is 36.5. The number of nitro benzene ring substituents is 1. The fourth-order valence-corrected chi connectivity index (χ4v) is 3.35. The van der Waals surface area contributed by atoms with E-state index in [1.807, 2.05) is 12.1 Å². The first-order valence-corrected chi connectivity index (χ1v) is 9.58. The van der Waals surface area contributed by atoms with E-state index < -0.39 is 23.4 Å². The van der Waals surface area contributed by atoms with Crippen molar-refractivity contribution in [3.05, 3.63) is 63.2 Å². The molecular formula is C20H20ClN3O5. The van der Waals surface area contributed by atoms with Crippen molar-refractivity contribution in [2.75, 3.05) is 29.9 Å². The Morgan fingerprint density at radius 2 is 1.79 bits per heavy atom. The minimum Gasteiger partial charge on any atom is -0.452 e. The molecule has 8 nitrogen and oxygen atoms in total. The summed E-state index contributed by atoms with van der Waals surface area (Å²) in [5.41, 5.74) is 1.43. The van der Waals surface area contributed by atoms with Crippen LogP contribution in [-0.2, 0) is 9.53 Å². The summed E-state index contributed by atoms with van der Waals surface area (Å²) in [5.74, 6) is -1.33. The van der Waals surface area contributed by atoms with Crippen LogP contribution in [0.1, 0.15) is 29.6 Å². The second-order valence-electron chi connectivity index (χ2n) is 6.64. The second-order valence-corrected chi connectivity index (χ2v) is 7.05. The van der Waals surface area contributed by atoms with Crippen LogP contribution in [0, 0.1) is 10.1 Å². The molecule has 1 saturated heterocycles. The highest BCUT2D eigenvalue weighted by atomic mass is 35.5. The number of benzene rings is 2. The van der Waals surface area contributed by atoms with Crippen LogP contribution >= 0.6 is 11.6 Å². The quantitative estimate of drug-likeness (QED) is 0.432. The third-order valence-corrected chi connectivity index (χ3v) is 4.90. The van der Waals surface area contributed by atoms with E-state index in [0.717, 1.165) is 30.9 Å². The van der Waals surface area contributed by atoms with Gasteiger partial charge in [-0.2, -0.15) is 0 Å². The van der Waals surface area contributed by atoms with Crippen molar-refractivity contribution >= 4 is 40.5 Å². The van der Waals surface area contributed by atoms with Gasteiger partial charge in [0.2, 0.25) is 0 Å². The molecular weight excluding hydrogens is 398 g/mol. The number of piperidine rings is 1. The molecule has 0 spiro atoms. The highest BCUT2D eigenvalue weighted by Crippen LogP contribution is 2.24. The summed E-state index contributed by atoms with van der Waals surface area (Å²) in [6.45, 7) is 1.57. The molecule has 0 saturated carbocycles. The molecule has 0 unspecified atom stereocenters. The molecule has 9 heteroatoms. The van der Waals surface area contributed by atoms with E-state index in [-0.39, 0.29) is 16.3 Å². The topological polar surface area (TPSA) is 102 Å². The molecule has 1 N–H and O–H groups in total. The predicted molar refractivity (Wildman–Crippen MR) is 110 cm³/mol. The highest BCUT2D eigenvalue weighted by molar-refractivity contribution is 6.33. The van der Waals surface area contributed by atoms with Crippen molar-refractivity contribution in [2.24, 2.45) is 0 Å². The molecule has 1 fully saturated rings. The molecule has 1 heterocycles. The van der Waals surface area contributed by atoms with E-state index in [9.17, 15) is 19.7 Å². The SMILES string of the molecule is O=C(COC(=O)c1ccc([N+](=O)[O-])cc1Cl)Nc1ccc(N2CCCCC2)cc1.